The molecule has 0 radical (unpaired) electrons. The average Bonchev–Trinajstić information content (AvgIpc) is 4.11. The molecule has 0 N–H and O–H groups in total. The molecule has 9 heteroatoms. The van der Waals surface area contributed by atoms with Crippen molar-refractivity contribution in [1.82, 2.24) is 8.75 Å². The molecule has 0 atom stereocenters. The molecule has 0 bridgehead atoms. The second kappa shape index (κ2) is 18.2. The number of aromatic nitrogens is 2. The maximum absolute atomic E-state index is 9.29. The van der Waals surface area contributed by atoms with Gasteiger partial charge in [0.25, 0.3) is 0 Å². The van der Waals surface area contributed by atoms with Crippen molar-refractivity contribution in [3.8, 4) is 67.3 Å². The minimum absolute atomic E-state index is 0.668. The summed E-state index contributed by atoms with van der Waals surface area (Å²) in [5, 5.41) is 9.29. The van der Waals surface area contributed by atoms with E-state index >= 15 is 0 Å². The first-order chi connectivity index (χ1) is 28.1. The van der Waals surface area contributed by atoms with Gasteiger partial charge in [-0.25, -0.2) is 4.85 Å². The Morgan fingerprint density at radius 3 is 1.47 bits per heavy atom. The number of unbranched alkanes of at least 4 members (excludes halogenated alkanes) is 6. The van der Waals surface area contributed by atoms with Gasteiger partial charge < -0.3 is 0 Å². The van der Waals surface area contributed by atoms with Crippen LogP contribution in [0.2, 0.25) is 0 Å². The van der Waals surface area contributed by atoms with E-state index in [9.17, 15) is 5.26 Å². The fraction of sp³-hybridized carbons (Fsp3) is 0.250. The van der Waals surface area contributed by atoms with E-state index in [2.05, 4.69) is 97.6 Å². The van der Waals surface area contributed by atoms with E-state index in [1.807, 2.05) is 69.6 Å². The van der Waals surface area contributed by atoms with E-state index in [0.717, 1.165) is 46.1 Å². The van der Waals surface area contributed by atoms with Crippen LogP contribution in [0.4, 0.5) is 5.69 Å². The first kappa shape index (κ1) is 39.1. The lowest BCUT2D eigenvalue weighted by Gasteiger charge is -2.03. The summed E-state index contributed by atoms with van der Waals surface area (Å²) >= 11 is 8.72. The Kier molecular flexibility index (Phi) is 12.5. The van der Waals surface area contributed by atoms with E-state index in [1.165, 1.54) is 113 Å². The second-order valence-corrected chi connectivity index (χ2v) is 19.1. The number of nitrogens with zero attached hydrogens (tertiary/aromatic N) is 4. The normalized spacial score (nSPS) is 11.3. The summed E-state index contributed by atoms with van der Waals surface area (Å²) in [4.78, 5) is 13.8. The molecular weight excluding hydrogens is 793 g/mol. The Bertz CT molecular complexity index is 2510. The lowest BCUT2D eigenvalue weighted by atomic mass is 10.0. The van der Waals surface area contributed by atoms with Gasteiger partial charge >= 0.3 is 0 Å². The third kappa shape index (κ3) is 8.60. The van der Waals surface area contributed by atoms with Crippen molar-refractivity contribution in [3.63, 3.8) is 0 Å². The molecule has 0 fully saturated rings. The molecule has 4 nitrogen and oxygen atoms in total. The van der Waals surface area contributed by atoms with Crippen LogP contribution in [0.15, 0.2) is 97.1 Å². The van der Waals surface area contributed by atoms with Gasteiger partial charge in [0.2, 0.25) is 0 Å². The molecule has 5 heterocycles. The minimum Gasteiger partial charge on any atom is -0.238 e. The lowest BCUT2D eigenvalue weighted by Crippen LogP contribution is -1.86. The number of rotatable bonds is 16. The molecule has 0 aliphatic heterocycles. The SMILES string of the molecule is [C-]#[N+]c1ccc(-c2ccc(-c3sc(-c4ccc(-c5cc(CCCCCC)c(-c6ccc(-c7ccc(C#N)cc7)s6)s5)c5nsnc45)cc3CCCCCC)s2)cc1. The lowest BCUT2D eigenvalue weighted by molar-refractivity contribution is 0.668. The second-order valence-electron chi connectivity index (χ2n) is 14.3. The van der Waals surface area contributed by atoms with Gasteiger partial charge in [-0.1, -0.05) is 101 Å². The van der Waals surface area contributed by atoms with Gasteiger partial charge in [-0.15, -0.1) is 45.3 Å². The predicted octanol–water partition coefficient (Wildman–Crippen LogP) is 16.6. The van der Waals surface area contributed by atoms with Gasteiger partial charge in [0.05, 0.1) is 29.9 Å². The summed E-state index contributed by atoms with van der Waals surface area (Å²) < 4.78 is 9.90. The summed E-state index contributed by atoms with van der Waals surface area (Å²) in [6.07, 6.45) is 11.9. The standard InChI is InChI=1S/C48H42N4S5/c1-4-6-8-10-12-34-28-43(55-47(34)41-26-24-39(53-41)32-16-14-31(30-49)15-17-32)37-22-23-38(46-45(37)51-57-52-46)44-29-35(13-11-9-7-5-2)48(56-44)42-27-25-40(54-42)33-18-20-36(50-3)21-19-33/h14-29H,4-13H2,1-2H3. The number of thiophene rings is 4. The van der Waals surface area contributed by atoms with Crippen LogP contribution in [-0.4, -0.2) is 8.75 Å². The highest BCUT2D eigenvalue weighted by atomic mass is 32.1. The molecule has 57 heavy (non-hydrogen) atoms. The van der Waals surface area contributed by atoms with Crippen LogP contribution in [0.5, 0.6) is 0 Å². The molecule has 0 saturated heterocycles. The van der Waals surface area contributed by atoms with Crippen LogP contribution in [-0.2, 0) is 12.8 Å². The van der Waals surface area contributed by atoms with Crippen molar-refractivity contribution in [2.45, 2.75) is 78.1 Å². The molecule has 3 aromatic carbocycles. The zero-order valence-corrected chi connectivity index (χ0v) is 36.2. The van der Waals surface area contributed by atoms with E-state index in [1.54, 1.807) is 0 Å². The molecule has 284 valence electrons. The van der Waals surface area contributed by atoms with E-state index < -0.39 is 0 Å². The monoisotopic (exact) mass is 834 g/mol. The average molecular weight is 835 g/mol. The summed E-state index contributed by atoms with van der Waals surface area (Å²) in [6, 6.07) is 36.4. The first-order valence-corrected chi connectivity index (χ1v) is 23.8. The van der Waals surface area contributed by atoms with Crippen LogP contribution in [0, 0.1) is 17.9 Å². The number of hydrogen-bond acceptors (Lipinski definition) is 8. The van der Waals surface area contributed by atoms with E-state index in [-0.39, 0.29) is 0 Å². The number of nitriles is 1. The topological polar surface area (TPSA) is 53.9 Å². The maximum Gasteiger partial charge on any atom is 0.187 e. The molecule has 0 unspecified atom stereocenters. The fourth-order valence-electron chi connectivity index (χ4n) is 7.30. The Balaban J connectivity index is 1.14. The predicted molar refractivity (Wildman–Crippen MR) is 248 cm³/mol. The number of benzene rings is 3. The maximum atomic E-state index is 9.29. The van der Waals surface area contributed by atoms with Gasteiger partial charge in [-0.3, -0.25) is 0 Å². The minimum atomic E-state index is 0.668. The summed E-state index contributed by atoms with van der Waals surface area (Å²) in [6.45, 7) is 11.9. The Morgan fingerprint density at radius 1 is 0.544 bits per heavy atom. The van der Waals surface area contributed by atoms with Crippen molar-refractivity contribution in [2.75, 3.05) is 0 Å². The van der Waals surface area contributed by atoms with Gasteiger partial charge in [0.1, 0.15) is 11.0 Å². The molecule has 0 aliphatic carbocycles. The molecule has 0 aliphatic rings. The third-order valence-electron chi connectivity index (χ3n) is 10.4. The molecular formula is C48H42N4S5. The highest BCUT2D eigenvalue weighted by Crippen LogP contribution is 2.48. The zero-order valence-electron chi connectivity index (χ0n) is 32.1. The molecule has 0 spiro atoms. The van der Waals surface area contributed by atoms with Crippen LogP contribution in [0.25, 0.3) is 77.1 Å². The first-order valence-electron chi connectivity index (χ1n) is 19.8. The summed E-state index contributed by atoms with van der Waals surface area (Å²) in [5.74, 6) is 0. The summed E-state index contributed by atoms with van der Waals surface area (Å²) in [5.41, 5.74) is 10.7. The highest BCUT2D eigenvalue weighted by Gasteiger charge is 2.22. The molecule has 8 rings (SSSR count). The number of aryl methyl sites for hydroxylation is 2. The van der Waals surface area contributed by atoms with E-state index in [0.29, 0.717) is 11.3 Å². The van der Waals surface area contributed by atoms with Crippen LogP contribution >= 0.6 is 57.1 Å². The Hall–Kier alpha value is -4.74. The summed E-state index contributed by atoms with van der Waals surface area (Å²) in [7, 11) is 0. The quantitative estimate of drug-likeness (QED) is 0.0720. The highest BCUT2D eigenvalue weighted by molar-refractivity contribution is 7.26. The van der Waals surface area contributed by atoms with Crippen LogP contribution in [0.3, 0.4) is 0 Å². The van der Waals surface area contributed by atoms with Gasteiger partial charge in [0, 0.05) is 50.1 Å². The Labute approximate surface area is 355 Å². The zero-order chi connectivity index (χ0) is 39.1. The number of hydrogen-bond donors (Lipinski definition) is 0. The van der Waals surface area contributed by atoms with Gasteiger partial charge in [0.15, 0.2) is 5.69 Å². The largest absolute Gasteiger partial charge is 0.238 e. The van der Waals surface area contributed by atoms with Crippen molar-refractivity contribution in [3.05, 3.63) is 125 Å². The Morgan fingerprint density at radius 2 is 1.02 bits per heavy atom. The van der Waals surface area contributed by atoms with Gasteiger partial charge in [-0.2, -0.15) is 14.0 Å². The number of fused-ring (bicyclic) bond motifs is 1. The van der Waals surface area contributed by atoms with Crippen LogP contribution < -0.4 is 0 Å². The van der Waals surface area contributed by atoms with Crippen molar-refractivity contribution in [1.29, 1.82) is 5.26 Å². The van der Waals surface area contributed by atoms with Crippen molar-refractivity contribution < 1.29 is 0 Å². The van der Waals surface area contributed by atoms with Crippen LogP contribution in [0.1, 0.15) is 81.9 Å². The fourth-order valence-corrected chi connectivity index (χ4v) is 12.7. The van der Waals surface area contributed by atoms with Crippen molar-refractivity contribution in [2.24, 2.45) is 0 Å². The molecule has 0 saturated carbocycles. The van der Waals surface area contributed by atoms with E-state index in [4.69, 9.17) is 15.3 Å². The molecule has 8 aromatic rings. The molecule has 5 aromatic heterocycles. The third-order valence-corrected chi connectivity index (χ3v) is 16.0. The van der Waals surface area contributed by atoms with Gasteiger partial charge in [-0.05, 0) is 96.5 Å². The smallest absolute Gasteiger partial charge is 0.187 e. The van der Waals surface area contributed by atoms with Crippen molar-refractivity contribution >= 4 is 73.8 Å². The molecule has 0 amide bonds.